The Bertz CT molecular complexity index is 990. The predicted molar refractivity (Wildman–Crippen MR) is 130 cm³/mol. The van der Waals surface area contributed by atoms with Crippen molar-refractivity contribution >= 4 is 45.1 Å². The second-order valence-electron chi connectivity index (χ2n) is 6.79. The van der Waals surface area contributed by atoms with Gasteiger partial charge >= 0.3 is 5.97 Å². The minimum Gasteiger partial charge on any atom is -0.412 e. The summed E-state index contributed by atoms with van der Waals surface area (Å²) < 4.78 is 5.57. The van der Waals surface area contributed by atoms with Gasteiger partial charge in [0, 0.05) is 15.9 Å². The van der Waals surface area contributed by atoms with Gasteiger partial charge in [-0.1, -0.05) is 72.8 Å². The van der Waals surface area contributed by atoms with Crippen molar-refractivity contribution < 1.29 is 9.53 Å². The lowest BCUT2D eigenvalue weighted by molar-refractivity contribution is 0.0550. The third-order valence-corrected chi connectivity index (χ3v) is 11.1. The third kappa shape index (κ3) is 3.96. The molecule has 1 atom stereocenters. The molecule has 0 N–H and O–H groups in total. The van der Waals surface area contributed by atoms with Crippen molar-refractivity contribution in [3.8, 4) is 0 Å². The van der Waals surface area contributed by atoms with Crippen molar-refractivity contribution in [3.63, 3.8) is 0 Å². The summed E-state index contributed by atoms with van der Waals surface area (Å²) in [6, 6.07) is 40.1. The fourth-order valence-corrected chi connectivity index (χ4v) is 9.67. The SMILES string of the molecule is O=C(OC(Br)[P+](c1ccccc1)(c1ccccc1)c1ccccc1)c1ccccc1. The number of carbonyl (C=O) groups excluding carboxylic acids is 1. The lowest BCUT2D eigenvalue weighted by atomic mass is 10.2. The zero-order valence-electron chi connectivity index (χ0n) is 16.3. The Balaban J connectivity index is 1.89. The van der Waals surface area contributed by atoms with E-state index in [-0.39, 0.29) is 5.97 Å². The maximum atomic E-state index is 13.0. The van der Waals surface area contributed by atoms with Crippen LogP contribution in [0.25, 0.3) is 0 Å². The molecule has 148 valence electrons. The number of alkyl halides is 1. The van der Waals surface area contributed by atoms with Gasteiger partial charge < -0.3 is 4.74 Å². The van der Waals surface area contributed by atoms with Crippen LogP contribution in [0.4, 0.5) is 0 Å². The lowest BCUT2D eigenvalue weighted by Gasteiger charge is -2.30. The topological polar surface area (TPSA) is 26.3 Å². The number of carbonyl (C=O) groups is 1. The van der Waals surface area contributed by atoms with Crippen LogP contribution in [0.5, 0.6) is 0 Å². The summed E-state index contributed by atoms with van der Waals surface area (Å²) >= 11 is 3.82. The first-order chi connectivity index (χ1) is 14.7. The first-order valence-corrected chi connectivity index (χ1v) is 12.5. The monoisotopic (exact) mass is 475 g/mol. The fraction of sp³-hybridized carbons (Fsp3) is 0.0385. The third-order valence-electron chi connectivity index (χ3n) is 5.01. The molecule has 0 spiro atoms. The molecule has 0 amide bonds. The number of rotatable bonds is 6. The summed E-state index contributed by atoms with van der Waals surface area (Å²) in [6.45, 7) is 0. The Morgan fingerprint density at radius 3 is 1.30 bits per heavy atom. The molecular weight excluding hydrogens is 455 g/mol. The van der Waals surface area contributed by atoms with Crippen LogP contribution in [0, 0.1) is 0 Å². The van der Waals surface area contributed by atoms with Gasteiger partial charge in [-0.05, 0) is 48.5 Å². The molecule has 0 heterocycles. The van der Waals surface area contributed by atoms with Crippen LogP contribution in [0.15, 0.2) is 121 Å². The van der Waals surface area contributed by atoms with E-state index in [1.807, 2.05) is 72.8 Å². The second-order valence-corrected chi connectivity index (χ2v) is 11.8. The van der Waals surface area contributed by atoms with Crippen LogP contribution in [0.2, 0.25) is 0 Å². The van der Waals surface area contributed by atoms with E-state index < -0.39 is 12.0 Å². The van der Waals surface area contributed by atoms with Crippen molar-refractivity contribution in [2.45, 2.75) is 4.75 Å². The maximum absolute atomic E-state index is 13.0. The number of benzene rings is 4. The standard InChI is InChI=1S/C26H21BrO2P/c27-26(29-25(28)21-13-5-1-6-14-21)30(22-15-7-2-8-16-22,23-17-9-3-10-18-23)24-19-11-4-12-20-24/h1-20,26H/q+1. The molecule has 2 nitrogen and oxygen atoms in total. The molecular formula is C26H21BrO2P+. The molecule has 0 bridgehead atoms. The molecule has 0 aliphatic heterocycles. The first kappa shape index (κ1) is 20.5. The highest BCUT2D eigenvalue weighted by atomic mass is 79.9. The molecule has 0 aromatic heterocycles. The molecule has 0 saturated carbocycles. The average molecular weight is 476 g/mol. The Morgan fingerprint density at radius 1 is 0.600 bits per heavy atom. The van der Waals surface area contributed by atoms with Crippen LogP contribution < -0.4 is 15.9 Å². The average Bonchev–Trinajstić information content (AvgIpc) is 2.82. The van der Waals surface area contributed by atoms with Gasteiger partial charge in [-0.25, -0.2) is 4.79 Å². The van der Waals surface area contributed by atoms with Gasteiger partial charge in [-0.2, -0.15) is 0 Å². The fourth-order valence-electron chi connectivity index (χ4n) is 3.60. The van der Waals surface area contributed by atoms with Crippen molar-refractivity contribution in [2.75, 3.05) is 0 Å². The van der Waals surface area contributed by atoms with Crippen LogP contribution in [0.3, 0.4) is 0 Å². The van der Waals surface area contributed by atoms with Gasteiger partial charge in [0.1, 0.15) is 15.9 Å². The Labute approximate surface area is 186 Å². The number of esters is 1. The number of hydrogen-bond donors (Lipinski definition) is 0. The highest BCUT2D eigenvalue weighted by Gasteiger charge is 2.54. The second kappa shape index (κ2) is 9.38. The minimum atomic E-state index is -2.35. The van der Waals surface area contributed by atoms with Crippen molar-refractivity contribution in [3.05, 3.63) is 127 Å². The molecule has 0 fully saturated rings. The van der Waals surface area contributed by atoms with Crippen LogP contribution in [-0.2, 0) is 4.74 Å². The van der Waals surface area contributed by atoms with Crippen molar-refractivity contribution in [1.82, 2.24) is 0 Å². The summed E-state index contributed by atoms with van der Waals surface area (Å²) in [5.41, 5.74) is 0.536. The molecule has 4 rings (SSSR count). The predicted octanol–water partition coefficient (Wildman–Crippen LogP) is 5.52. The van der Waals surface area contributed by atoms with E-state index in [2.05, 4.69) is 52.3 Å². The first-order valence-electron chi connectivity index (χ1n) is 9.68. The Kier molecular flexibility index (Phi) is 6.42. The Hall–Kier alpha value is -2.74. The maximum Gasteiger partial charge on any atom is 0.341 e. The van der Waals surface area contributed by atoms with E-state index in [1.165, 1.54) is 0 Å². The van der Waals surface area contributed by atoms with E-state index in [9.17, 15) is 4.79 Å². The summed E-state index contributed by atoms with van der Waals surface area (Å²) in [5, 5.41) is 3.43. The van der Waals surface area contributed by atoms with Crippen LogP contribution >= 0.6 is 23.2 Å². The summed E-state index contributed by atoms with van der Waals surface area (Å²) in [6.07, 6.45) is 0. The number of halogens is 1. The highest BCUT2D eigenvalue weighted by molar-refractivity contribution is 9.11. The summed E-state index contributed by atoms with van der Waals surface area (Å²) in [4.78, 5) is 13.0. The van der Waals surface area contributed by atoms with Gasteiger partial charge in [0.15, 0.2) is 7.26 Å². The van der Waals surface area contributed by atoms with Gasteiger partial charge in [0.25, 0.3) is 4.75 Å². The molecule has 4 aromatic rings. The van der Waals surface area contributed by atoms with E-state index in [0.29, 0.717) is 5.56 Å². The zero-order chi connectivity index (χ0) is 20.8. The van der Waals surface area contributed by atoms with Crippen LogP contribution in [0.1, 0.15) is 10.4 Å². The van der Waals surface area contributed by atoms with E-state index >= 15 is 0 Å². The highest BCUT2D eigenvalue weighted by Crippen LogP contribution is 2.62. The number of ether oxygens (including phenoxy) is 1. The quantitative estimate of drug-likeness (QED) is 0.208. The normalized spacial score (nSPS) is 12.2. The largest absolute Gasteiger partial charge is 0.412 e. The van der Waals surface area contributed by atoms with Crippen molar-refractivity contribution in [2.24, 2.45) is 0 Å². The zero-order valence-corrected chi connectivity index (χ0v) is 18.7. The van der Waals surface area contributed by atoms with Gasteiger partial charge in [0.05, 0.1) is 5.56 Å². The summed E-state index contributed by atoms with van der Waals surface area (Å²) in [7, 11) is -2.35. The van der Waals surface area contributed by atoms with Gasteiger partial charge in [0.2, 0.25) is 0 Å². The van der Waals surface area contributed by atoms with E-state index in [4.69, 9.17) is 4.74 Å². The molecule has 30 heavy (non-hydrogen) atoms. The Morgan fingerprint density at radius 2 is 0.933 bits per heavy atom. The molecule has 0 aliphatic rings. The molecule has 4 aromatic carbocycles. The van der Waals surface area contributed by atoms with E-state index in [1.54, 1.807) is 12.1 Å². The van der Waals surface area contributed by atoms with E-state index in [0.717, 1.165) is 15.9 Å². The van der Waals surface area contributed by atoms with Gasteiger partial charge in [-0.3, -0.25) is 0 Å². The lowest BCUT2D eigenvalue weighted by Crippen LogP contribution is -2.38. The van der Waals surface area contributed by atoms with Crippen LogP contribution in [-0.4, -0.2) is 10.7 Å². The smallest absolute Gasteiger partial charge is 0.341 e. The number of hydrogen-bond acceptors (Lipinski definition) is 2. The molecule has 4 heteroatoms. The molecule has 0 aliphatic carbocycles. The molecule has 0 saturated heterocycles. The molecule has 1 unspecified atom stereocenters. The van der Waals surface area contributed by atoms with Crippen molar-refractivity contribution in [1.29, 1.82) is 0 Å². The molecule has 0 radical (unpaired) electrons. The van der Waals surface area contributed by atoms with Gasteiger partial charge in [-0.15, -0.1) is 0 Å². The minimum absolute atomic E-state index is 0.343. The summed E-state index contributed by atoms with van der Waals surface area (Å²) in [5.74, 6) is -0.343.